The molecule has 0 N–H and O–H groups in total. The molecule has 0 saturated heterocycles. The van der Waals surface area contributed by atoms with E-state index in [0.717, 1.165) is 20.9 Å². The third kappa shape index (κ3) is 1.92. The molecule has 0 spiro atoms. The molecule has 0 aliphatic heterocycles. The SMILES string of the molecule is CC(=O)c1ccc2c(C)cc(Br)cc2n1. The van der Waals surface area contributed by atoms with E-state index >= 15 is 0 Å². The molecule has 1 aromatic heterocycles. The quantitative estimate of drug-likeness (QED) is 0.738. The summed E-state index contributed by atoms with van der Waals surface area (Å²) >= 11 is 3.42. The molecule has 0 atom stereocenters. The van der Waals surface area contributed by atoms with Gasteiger partial charge in [0.2, 0.25) is 0 Å². The highest BCUT2D eigenvalue weighted by molar-refractivity contribution is 9.10. The van der Waals surface area contributed by atoms with Crippen LogP contribution in [0, 0.1) is 6.92 Å². The van der Waals surface area contributed by atoms with E-state index in [1.165, 1.54) is 6.92 Å². The Kier molecular flexibility index (Phi) is 2.57. The molecular weight excluding hydrogens is 254 g/mol. The Hall–Kier alpha value is -1.22. The van der Waals surface area contributed by atoms with Crippen molar-refractivity contribution >= 4 is 32.6 Å². The van der Waals surface area contributed by atoms with Crippen LogP contribution in [0.1, 0.15) is 23.0 Å². The van der Waals surface area contributed by atoms with Crippen molar-refractivity contribution in [3.05, 3.63) is 40.0 Å². The average Bonchev–Trinajstić information content (AvgIpc) is 2.16. The highest BCUT2D eigenvalue weighted by Gasteiger charge is 2.05. The molecule has 2 nitrogen and oxygen atoms in total. The molecular formula is C12H10BrNO. The predicted octanol–water partition coefficient (Wildman–Crippen LogP) is 3.51. The van der Waals surface area contributed by atoms with Crippen molar-refractivity contribution < 1.29 is 4.79 Å². The van der Waals surface area contributed by atoms with Gasteiger partial charge >= 0.3 is 0 Å². The van der Waals surface area contributed by atoms with E-state index in [4.69, 9.17) is 0 Å². The van der Waals surface area contributed by atoms with Crippen LogP contribution in [0.5, 0.6) is 0 Å². The van der Waals surface area contributed by atoms with Gasteiger partial charge in [0.1, 0.15) is 5.69 Å². The Morgan fingerprint density at radius 3 is 2.73 bits per heavy atom. The van der Waals surface area contributed by atoms with Crippen LogP contribution < -0.4 is 0 Å². The average molecular weight is 264 g/mol. The monoisotopic (exact) mass is 263 g/mol. The molecule has 15 heavy (non-hydrogen) atoms. The highest BCUT2D eigenvalue weighted by atomic mass is 79.9. The molecule has 0 amide bonds. The number of carbonyl (C=O) groups excluding carboxylic acids is 1. The second-order valence-corrected chi connectivity index (χ2v) is 4.46. The normalized spacial score (nSPS) is 10.6. The maximum Gasteiger partial charge on any atom is 0.178 e. The highest BCUT2D eigenvalue weighted by Crippen LogP contribution is 2.22. The summed E-state index contributed by atoms with van der Waals surface area (Å²) in [5.41, 5.74) is 2.52. The van der Waals surface area contributed by atoms with Gasteiger partial charge in [-0.2, -0.15) is 0 Å². The molecule has 0 saturated carbocycles. The van der Waals surface area contributed by atoms with E-state index in [0.29, 0.717) is 5.69 Å². The van der Waals surface area contributed by atoms with Crippen LogP contribution in [0.2, 0.25) is 0 Å². The maximum atomic E-state index is 11.2. The lowest BCUT2D eigenvalue weighted by Crippen LogP contribution is -1.96. The van der Waals surface area contributed by atoms with E-state index in [-0.39, 0.29) is 5.78 Å². The zero-order valence-corrected chi connectivity index (χ0v) is 10.1. The standard InChI is InChI=1S/C12H10BrNO/c1-7-5-9(13)6-12-10(7)3-4-11(14-12)8(2)15/h3-6H,1-2H3. The molecule has 2 rings (SSSR count). The number of pyridine rings is 1. The number of Topliss-reactive ketones (excluding diaryl/α,β-unsaturated/α-hetero) is 1. The van der Waals surface area contributed by atoms with Gasteiger partial charge in [-0.3, -0.25) is 4.79 Å². The number of fused-ring (bicyclic) bond motifs is 1. The van der Waals surface area contributed by atoms with E-state index in [1.807, 2.05) is 25.1 Å². The van der Waals surface area contributed by atoms with Crippen LogP contribution in [0.3, 0.4) is 0 Å². The molecule has 0 radical (unpaired) electrons. The number of carbonyl (C=O) groups is 1. The van der Waals surface area contributed by atoms with Crippen molar-refractivity contribution in [3.63, 3.8) is 0 Å². The Balaban J connectivity index is 2.76. The number of aryl methyl sites for hydroxylation is 1. The summed E-state index contributed by atoms with van der Waals surface area (Å²) in [7, 11) is 0. The van der Waals surface area contributed by atoms with Crippen LogP contribution in [0.4, 0.5) is 0 Å². The largest absolute Gasteiger partial charge is 0.293 e. The molecule has 0 fully saturated rings. The van der Waals surface area contributed by atoms with Gasteiger partial charge in [0.15, 0.2) is 5.78 Å². The number of nitrogens with zero attached hydrogens (tertiary/aromatic N) is 1. The zero-order chi connectivity index (χ0) is 11.0. The molecule has 1 aromatic carbocycles. The topological polar surface area (TPSA) is 30.0 Å². The molecule has 1 heterocycles. The van der Waals surface area contributed by atoms with Gasteiger partial charge in [-0.15, -0.1) is 0 Å². The summed E-state index contributed by atoms with van der Waals surface area (Å²) in [4.78, 5) is 15.5. The lowest BCUT2D eigenvalue weighted by Gasteiger charge is -2.03. The van der Waals surface area contributed by atoms with Gasteiger partial charge in [-0.1, -0.05) is 22.0 Å². The number of ketones is 1. The van der Waals surface area contributed by atoms with Crippen LogP contribution in [-0.2, 0) is 0 Å². The first-order valence-electron chi connectivity index (χ1n) is 4.66. The summed E-state index contributed by atoms with van der Waals surface area (Å²) in [5, 5.41) is 1.09. The van der Waals surface area contributed by atoms with Gasteiger partial charge in [0, 0.05) is 16.8 Å². The second kappa shape index (κ2) is 3.74. The lowest BCUT2D eigenvalue weighted by atomic mass is 10.1. The number of benzene rings is 1. The molecule has 0 aliphatic rings. The number of halogens is 1. The van der Waals surface area contributed by atoms with Crippen molar-refractivity contribution in [3.8, 4) is 0 Å². The molecule has 0 aliphatic carbocycles. The van der Waals surface area contributed by atoms with Gasteiger partial charge in [-0.05, 0) is 30.7 Å². The third-order valence-electron chi connectivity index (χ3n) is 2.34. The van der Waals surface area contributed by atoms with Crippen LogP contribution in [0.25, 0.3) is 10.9 Å². The fraction of sp³-hybridized carbons (Fsp3) is 0.167. The van der Waals surface area contributed by atoms with Crippen LogP contribution in [0.15, 0.2) is 28.7 Å². The van der Waals surface area contributed by atoms with Crippen molar-refractivity contribution in [1.29, 1.82) is 0 Å². The first kappa shape index (κ1) is 10.3. The second-order valence-electron chi connectivity index (χ2n) is 3.54. The minimum Gasteiger partial charge on any atom is -0.293 e. The van der Waals surface area contributed by atoms with Gasteiger partial charge in [0.25, 0.3) is 0 Å². The van der Waals surface area contributed by atoms with Crippen LogP contribution in [-0.4, -0.2) is 10.8 Å². The Bertz CT molecular complexity index is 549. The maximum absolute atomic E-state index is 11.2. The number of hydrogen-bond acceptors (Lipinski definition) is 2. The van der Waals surface area contributed by atoms with E-state index in [1.54, 1.807) is 6.07 Å². The minimum absolute atomic E-state index is 0.00507. The van der Waals surface area contributed by atoms with Crippen molar-refractivity contribution in [2.75, 3.05) is 0 Å². The predicted molar refractivity (Wildman–Crippen MR) is 64.2 cm³/mol. The van der Waals surface area contributed by atoms with E-state index in [2.05, 4.69) is 20.9 Å². The Morgan fingerprint density at radius 2 is 2.07 bits per heavy atom. The summed E-state index contributed by atoms with van der Waals surface area (Å²) < 4.78 is 0.987. The molecule has 0 unspecified atom stereocenters. The van der Waals surface area contributed by atoms with Crippen LogP contribution >= 0.6 is 15.9 Å². The van der Waals surface area contributed by atoms with Gasteiger partial charge < -0.3 is 0 Å². The summed E-state index contributed by atoms with van der Waals surface area (Å²) in [6.45, 7) is 3.56. The first-order valence-corrected chi connectivity index (χ1v) is 5.45. The number of aromatic nitrogens is 1. The number of hydrogen-bond donors (Lipinski definition) is 0. The first-order chi connectivity index (χ1) is 7.08. The summed E-state index contributed by atoms with van der Waals surface area (Å²) in [6, 6.07) is 7.68. The Morgan fingerprint density at radius 1 is 1.33 bits per heavy atom. The van der Waals surface area contributed by atoms with Gasteiger partial charge in [0.05, 0.1) is 5.52 Å². The van der Waals surface area contributed by atoms with Crippen molar-refractivity contribution in [2.45, 2.75) is 13.8 Å². The van der Waals surface area contributed by atoms with E-state index < -0.39 is 0 Å². The van der Waals surface area contributed by atoms with Gasteiger partial charge in [-0.25, -0.2) is 4.98 Å². The minimum atomic E-state index is -0.00507. The smallest absolute Gasteiger partial charge is 0.178 e. The molecule has 3 heteroatoms. The van der Waals surface area contributed by atoms with Crippen molar-refractivity contribution in [1.82, 2.24) is 4.98 Å². The fourth-order valence-corrected chi connectivity index (χ4v) is 2.13. The Labute approximate surface area is 96.5 Å². The molecule has 0 bridgehead atoms. The summed E-state index contributed by atoms with van der Waals surface area (Å²) in [6.07, 6.45) is 0. The third-order valence-corrected chi connectivity index (χ3v) is 2.80. The number of rotatable bonds is 1. The fourth-order valence-electron chi connectivity index (χ4n) is 1.57. The summed E-state index contributed by atoms with van der Waals surface area (Å²) in [5.74, 6) is -0.00507. The lowest BCUT2D eigenvalue weighted by molar-refractivity contribution is 0.101. The van der Waals surface area contributed by atoms with E-state index in [9.17, 15) is 4.79 Å². The molecule has 76 valence electrons. The zero-order valence-electron chi connectivity index (χ0n) is 8.54. The molecule has 2 aromatic rings. The van der Waals surface area contributed by atoms with Crippen molar-refractivity contribution in [2.24, 2.45) is 0 Å².